The van der Waals surface area contributed by atoms with Gasteiger partial charge in [0.25, 0.3) is 0 Å². The van der Waals surface area contributed by atoms with Gasteiger partial charge in [-0.3, -0.25) is 0 Å². The van der Waals surface area contributed by atoms with Gasteiger partial charge in [0.15, 0.2) is 0 Å². The van der Waals surface area contributed by atoms with Crippen molar-refractivity contribution in [2.24, 2.45) is 17.3 Å². The summed E-state index contributed by atoms with van der Waals surface area (Å²) >= 11 is 0. The molecule has 0 aromatic rings. The summed E-state index contributed by atoms with van der Waals surface area (Å²) in [4.78, 5) is 0. The second-order valence-corrected chi connectivity index (χ2v) is 17.4. The van der Waals surface area contributed by atoms with Gasteiger partial charge in [-0.2, -0.15) is 0 Å². The van der Waals surface area contributed by atoms with Crippen molar-refractivity contribution in [3.8, 4) is 0 Å². The molecule has 2 unspecified atom stereocenters. The van der Waals surface area contributed by atoms with Crippen molar-refractivity contribution in [2.75, 3.05) is 12.3 Å². The van der Waals surface area contributed by atoms with Gasteiger partial charge >= 0.3 is 179 Å². The van der Waals surface area contributed by atoms with Crippen LogP contribution in [0.5, 0.6) is 0 Å². The van der Waals surface area contributed by atoms with Crippen LogP contribution in [0.15, 0.2) is 0 Å². The van der Waals surface area contributed by atoms with Crippen LogP contribution in [0.25, 0.3) is 0 Å². The van der Waals surface area contributed by atoms with Gasteiger partial charge in [0, 0.05) is 0 Å². The Hall–Kier alpha value is 0.390. The normalized spacial score (nSPS) is 26.1. The SMILES string of the molecule is CCCC[PH](CC)(C(C)C[C@H](CC)C1C[C@H](O)CCC1(C)C)C(C)(C)CCC. The second-order valence-electron chi connectivity index (χ2n) is 11.6. The summed E-state index contributed by atoms with van der Waals surface area (Å²) in [5.41, 5.74) is 1.27. The first-order valence-electron chi connectivity index (χ1n) is 12.7. The van der Waals surface area contributed by atoms with Crippen molar-refractivity contribution in [1.82, 2.24) is 0 Å². The van der Waals surface area contributed by atoms with Crippen molar-refractivity contribution >= 4 is 7.26 Å². The van der Waals surface area contributed by atoms with Crippen LogP contribution in [0.1, 0.15) is 120 Å². The van der Waals surface area contributed by atoms with Crippen LogP contribution in [0.4, 0.5) is 0 Å². The topological polar surface area (TPSA) is 20.2 Å². The second kappa shape index (κ2) is 11.1. The van der Waals surface area contributed by atoms with E-state index in [-0.39, 0.29) is 6.10 Å². The van der Waals surface area contributed by atoms with Crippen LogP contribution in [0, 0.1) is 17.3 Å². The summed E-state index contributed by atoms with van der Waals surface area (Å²) in [7, 11) is -1.41. The Morgan fingerprint density at radius 2 is 1.75 bits per heavy atom. The molecule has 0 aliphatic heterocycles. The van der Waals surface area contributed by atoms with Gasteiger partial charge in [0.05, 0.1) is 0 Å². The Morgan fingerprint density at radius 1 is 1.11 bits per heavy atom. The molecule has 4 atom stereocenters. The van der Waals surface area contributed by atoms with E-state index in [1.165, 1.54) is 57.3 Å². The number of hydrogen-bond donors (Lipinski definition) is 1. The molecular weight excluding hydrogens is 359 g/mol. The monoisotopic (exact) mass is 414 g/mol. The molecule has 0 spiro atoms. The van der Waals surface area contributed by atoms with Crippen molar-refractivity contribution in [2.45, 2.75) is 137 Å². The zero-order valence-electron chi connectivity index (χ0n) is 21.0. The maximum atomic E-state index is 10.4. The van der Waals surface area contributed by atoms with Crippen LogP contribution in [0.3, 0.4) is 0 Å². The van der Waals surface area contributed by atoms with E-state index in [0.717, 1.165) is 24.4 Å². The predicted molar refractivity (Wildman–Crippen MR) is 133 cm³/mol. The van der Waals surface area contributed by atoms with E-state index >= 15 is 0 Å². The fourth-order valence-corrected chi connectivity index (χ4v) is 14.2. The molecule has 0 aromatic heterocycles. The molecule has 1 aliphatic rings. The molecule has 1 N–H and O–H groups in total. The third-order valence-electron chi connectivity index (χ3n) is 9.17. The third kappa shape index (κ3) is 5.97. The number of unbranched alkanes of at least 4 members (excludes halogenated alkanes) is 1. The van der Waals surface area contributed by atoms with Gasteiger partial charge in [0.1, 0.15) is 0 Å². The maximum absolute atomic E-state index is 10.4. The first-order chi connectivity index (χ1) is 13.0. The molecule has 1 fully saturated rings. The van der Waals surface area contributed by atoms with Crippen molar-refractivity contribution in [1.29, 1.82) is 0 Å². The first kappa shape index (κ1) is 26.4. The van der Waals surface area contributed by atoms with Crippen LogP contribution in [-0.2, 0) is 0 Å². The van der Waals surface area contributed by atoms with E-state index in [4.69, 9.17) is 0 Å². The average molecular weight is 415 g/mol. The molecule has 0 radical (unpaired) electrons. The Kier molecular flexibility index (Phi) is 10.5. The number of rotatable bonds is 12. The van der Waals surface area contributed by atoms with Gasteiger partial charge in [-0.1, -0.05) is 0 Å². The van der Waals surface area contributed by atoms with E-state index < -0.39 is 7.26 Å². The number of aliphatic hydroxyl groups excluding tert-OH is 1. The Bertz CT molecular complexity index is 444. The summed E-state index contributed by atoms with van der Waals surface area (Å²) in [6, 6.07) is 0. The Balaban J connectivity index is 3.14. The van der Waals surface area contributed by atoms with E-state index in [2.05, 4.69) is 62.3 Å². The molecule has 28 heavy (non-hydrogen) atoms. The zero-order valence-corrected chi connectivity index (χ0v) is 22.0. The van der Waals surface area contributed by atoms with Gasteiger partial charge in [-0.05, 0) is 0 Å². The van der Waals surface area contributed by atoms with Crippen molar-refractivity contribution in [3.05, 3.63) is 0 Å². The molecule has 2 heteroatoms. The first-order valence-corrected chi connectivity index (χ1v) is 15.2. The average Bonchev–Trinajstić information content (AvgIpc) is 2.62. The molecule has 0 saturated heterocycles. The van der Waals surface area contributed by atoms with Crippen LogP contribution in [0.2, 0.25) is 0 Å². The fraction of sp³-hybridized carbons (Fsp3) is 1.00. The molecule has 0 amide bonds. The summed E-state index contributed by atoms with van der Waals surface area (Å²) in [5, 5.41) is 11.0. The van der Waals surface area contributed by atoms with Gasteiger partial charge in [-0.15, -0.1) is 0 Å². The minimum atomic E-state index is -1.41. The minimum absolute atomic E-state index is 0.0628. The van der Waals surface area contributed by atoms with E-state index in [1.54, 1.807) is 0 Å². The summed E-state index contributed by atoms with van der Waals surface area (Å²) in [6.45, 7) is 22.5. The van der Waals surface area contributed by atoms with Gasteiger partial charge < -0.3 is 0 Å². The number of aliphatic hydroxyl groups is 1. The van der Waals surface area contributed by atoms with E-state index in [9.17, 15) is 5.11 Å². The quantitative estimate of drug-likeness (QED) is 0.320. The molecule has 1 nitrogen and oxygen atoms in total. The molecule has 0 heterocycles. The summed E-state index contributed by atoms with van der Waals surface area (Å²) in [5.74, 6) is 1.46. The van der Waals surface area contributed by atoms with E-state index in [1.807, 2.05) is 0 Å². The molecule has 0 aromatic carbocycles. The Morgan fingerprint density at radius 3 is 2.25 bits per heavy atom. The van der Waals surface area contributed by atoms with Crippen LogP contribution >= 0.6 is 7.26 Å². The van der Waals surface area contributed by atoms with Crippen molar-refractivity contribution in [3.63, 3.8) is 0 Å². The number of hydrogen-bond acceptors (Lipinski definition) is 1. The molecular formula is C26H55OP. The molecule has 1 rings (SSSR count). The standard InChI is InChI=1S/C26H55OP/c1-10-14-18-28(13-4,26(8,9)16-11-2)21(5)19-22(12-3)24-20-23(27)15-17-25(24,6)7/h21-24,27-28H,10-20H2,1-9H3/t21?,22-,23+,24?/m0/s1. The van der Waals surface area contributed by atoms with Crippen molar-refractivity contribution < 1.29 is 5.11 Å². The summed E-state index contributed by atoms with van der Waals surface area (Å²) < 4.78 is 0. The molecule has 170 valence electrons. The van der Waals surface area contributed by atoms with Crippen LogP contribution in [-0.4, -0.2) is 34.3 Å². The van der Waals surface area contributed by atoms with Crippen LogP contribution < -0.4 is 0 Å². The van der Waals surface area contributed by atoms with Gasteiger partial charge in [-0.25, -0.2) is 0 Å². The fourth-order valence-electron chi connectivity index (χ4n) is 7.20. The zero-order chi connectivity index (χ0) is 21.6. The molecule has 0 bridgehead atoms. The summed E-state index contributed by atoms with van der Waals surface area (Å²) in [6.07, 6.45) is 14.3. The molecule has 1 saturated carbocycles. The van der Waals surface area contributed by atoms with E-state index in [0.29, 0.717) is 16.5 Å². The predicted octanol–water partition coefficient (Wildman–Crippen LogP) is 8.13. The third-order valence-corrected chi connectivity index (χ3v) is 16.8. The molecule has 1 aliphatic carbocycles. The Labute approximate surface area is 179 Å². The van der Waals surface area contributed by atoms with Gasteiger partial charge in [0.2, 0.25) is 0 Å².